The lowest BCUT2D eigenvalue weighted by Gasteiger charge is -2.09. The van der Waals surface area contributed by atoms with Crippen LogP contribution in [0.15, 0.2) is 29.6 Å². The van der Waals surface area contributed by atoms with Crippen molar-refractivity contribution >= 4 is 39.0 Å². The summed E-state index contributed by atoms with van der Waals surface area (Å²) in [6, 6.07) is 7.73. The maximum absolute atomic E-state index is 13.2. The molecule has 4 N–H and O–H groups in total. The van der Waals surface area contributed by atoms with Crippen LogP contribution in [0.5, 0.6) is 0 Å². The Morgan fingerprint density at radius 1 is 1.29 bits per heavy atom. The molecular formula is C13H9FN6S. The Labute approximate surface area is 123 Å². The fraction of sp³-hybridized carbons (Fsp3) is 0. The van der Waals surface area contributed by atoms with Crippen LogP contribution in [0, 0.1) is 17.1 Å². The van der Waals surface area contributed by atoms with Gasteiger partial charge in [-0.3, -0.25) is 5.43 Å². The van der Waals surface area contributed by atoms with Gasteiger partial charge in [0.25, 0.3) is 0 Å². The average Bonchev–Trinajstić information content (AvgIpc) is 2.97. The monoisotopic (exact) mass is 300 g/mol. The predicted molar refractivity (Wildman–Crippen MR) is 79.6 cm³/mol. The highest BCUT2D eigenvalue weighted by Crippen LogP contribution is 2.29. The van der Waals surface area contributed by atoms with Crippen LogP contribution < -0.4 is 16.6 Å². The van der Waals surface area contributed by atoms with Crippen LogP contribution in [0.4, 0.5) is 21.8 Å². The molecule has 2 heterocycles. The highest BCUT2D eigenvalue weighted by atomic mass is 32.1. The molecule has 0 aliphatic rings. The summed E-state index contributed by atoms with van der Waals surface area (Å²) in [5, 5.41) is 14.8. The van der Waals surface area contributed by atoms with E-state index in [1.807, 2.05) is 17.5 Å². The molecular weight excluding hydrogens is 291 g/mol. The molecule has 2 aromatic heterocycles. The van der Waals surface area contributed by atoms with E-state index in [2.05, 4.69) is 20.7 Å². The molecule has 0 fully saturated rings. The number of nitrogens with one attached hydrogen (secondary N) is 2. The molecule has 0 spiro atoms. The second kappa shape index (κ2) is 5.32. The predicted octanol–water partition coefficient (Wildman–Crippen LogP) is 2.73. The Kier molecular flexibility index (Phi) is 3.35. The highest BCUT2D eigenvalue weighted by Gasteiger charge is 2.11. The Morgan fingerprint density at radius 3 is 2.90 bits per heavy atom. The number of nitriles is 1. The Hall–Kier alpha value is -2.76. The van der Waals surface area contributed by atoms with Crippen molar-refractivity contribution in [3.05, 3.63) is 41.0 Å². The minimum atomic E-state index is -0.468. The number of thiophene rings is 1. The molecule has 0 bridgehead atoms. The first-order valence-electron chi connectivity index (χ1n) is 5.90. The topological polar surface area (TPSA) is 99.7 Å². The van der Waals surface area contributed by atoms with E-state index in [-0.39, 0.29) is 11.5 Å². The van der Waals surface area contributed by atoms with Crippen molar-refractivity contribution in [2.75, 3.05) is 10.7 Å². The fourth-order valence-electron chi connectivity index (χ4n) is 1.86. The van der Waals surface area contributed by atoms with Gasteiger partial charge < -0.3 is 5.32 Å². The third kappa shape index (κ3) is 2.47. The van der Waals surface area contributed by atoms with Crippen LogP contribution in [-0.2, 0) is 0 Å². The summed E-state index contributed by atoms with van der Waals surface area (Å²) in [5.74, 6) is 5.63. The quantitative estimate of drug-likeness (QED) is 0.508. The summed E-state index contributed by atoms with van der Waals surface area (Å²) in [6.07, 6.45) is 0. The summed E-state index contributed by atoms with van der Waals surface area (Å²) < 4.78 is 13.2. The summed E-state index contributed by atoms with van der Waals surface area (Å²) >= 11 is 1.44. The molecule has 0 radical (unpaired) electrons. The molecule has 1 aromatic carbocycles. The smallest absolute Gasteiger partial charge is 0.240 e. The third-order valence-electron chi connectivity index (χ3n) is 2.81. The van der Waals surface area contributed by atoms with Gasteiger partial charge in [0, 0.05) is 0 Å². The first kappa shape index (κ1) is 13.2. The van der Waals surface area contributed by atoms with Gasteiger partial charge >= 0.3 is 0 Å². The number of hydrazine groups is 1. The van der Waals surface area contributed by atoms with Gasteiger partial charge in [0.2, 0.25) is 5.95 Å². The summed E-state index contributed by atoms with van der Waals surface area (Å²) in [6.45, 7) is 0. The van der Waals surface area contributed by atoms with Crippen molar-refractivity contribution in [1.29, 1.82) is 5.26 Å². The van der Waals surface area contributed by atoms with E-state index in [1.165, 1.54) is 23.5 Å². The molecule has 3 rings (SSSR count). The van der Waals surface area contributed by atoms with Gasteiger partial charge in [-0.1, -0.05) is 0 Å². The number of benzene rings is 1. The molecule has 3 aromatic rings. The normalized spacial score (nSPS) is 10.3. The maximum Gasteiger partial charge on any atom is 0.240 e. The van der Waals surface area contributed by atoms with Gasteiger partial charge in [-0.2, -0.15) is 10.2 Å². The van der Waals surface area contributed by atoms with Crippen molar-refractivity contribution in [2.45, 2.75) is 0 Å². The first-order chi connectivity index (χ1) is 10.2. The van der Waals surface area contributed by atoms with E-state index in [0.29, 0.717) is 11.5 Å². The van der Waals surface area contributed by atoms with Crippen molar-refractivity contribution in [3.8, 4) is 6.07 Å². The van der Waals surface area contributed by atoms with Crippen molar-refractivity contribution in [2.24, 2.45) is 5.84 Å². The van der Waals surface area contributed by atoms with Gasteiger partial charge in [-0.25, -0.2) is 15.2 Å². The Balaban J connectivity index is 2.10. The van der Waals surface area contributed by atoms with E-state index in [0.717, 1.165) is 16.3 Å². The van der Waals surface area contributed by atoms with Crippen LogP contribution in [0.2, 0.25) is 0 Å². The maximum atomic E-state index is 13.2. The molecule has 0 saturated carbocycles. The van der Waals surface area contributed by atoms with E-state index >= 15 is 0 Å². The molecule has 0 amide bonds. The third-order valence-corrected chi connectivity index (χ3v) is 3.62. The van der Waals surface area contributed by atoms with E-state index in [9.17, 15) is 4.39 Å². The lowest BCUT2D eigenvalue weighted by Crippen LogP contribution is -2.11. The molecule has 6 nitrogen and oxygen atoms in total. The van der Waals surface area contributed by atoms with Crippen LogP contribution in [0.25, 0.3) is 10.2 Å². The zero-order valence-electron chi connectivity index (χ0n) is 10.6. The van der Waals surface area contributed by atoms with Gasteiger partial charge in [0.1, 0.15) is 22.5 Å². The Morgan fingerprint density at radius 2 is 2.14 bits per heavy atom. The second-order valence-corrected chi connectivity index (χ2v) is 5.00. The molecule has 8 heteroatoms. The number of rotatable bonds is 3. The number of nitrogen functional groups attached to an aromatic ring is 1. The van der Waals surface area contributed by atoms with Crippen molar-refractivity contribution in [1.82, 2.24) is 9.97 Å². The molecule has 0 aliphatic carbocycles. The summed E-state index contributed by atoms with van der Waals surface area (Å²) in [7, 11) is 0. The number of hydrogen-bond acceptors (Lipinski definition) is 7. The molecule has 0 aliphatic heterocycles. The minimum Gasteiger partial charge on any atom is -0.338 e. The first-order valence-corrected chi connectivity index (χ1v) is 6.78. The lowest BCUT2D eigenvalue weighted by atomic mass is 10.2. The van der Waals surface area contributed by atoms with E-state index in [4.69, 9.17) is 11.1 Å². The van der Waals surface area contributed by atoms with E-state index in [1.54, 1.807) is 0 Å². The summed E-state index contributed by atoms with van der Waals surface area (Å²) in [4.78, 5) is 9.20. The van der Waals surface area contributed by atoms with Gasteiger partial charge in [0.05, 0.1) is 16.6 Å². The molecule has 104 valence electrons. The number of aromatic nitrogens is 2. The van der Waals surface area contributed by atoms with Gasteiger partial charge in [-0.15, -0.1) is 11.3 Å². The zero-order valence-corrected chi connectivity index (χ0v) is 11.4. The van der Waals surface area contributed by atoms with Crippen molar-refractivity contribution in [3.63, 3.8) is 0 Å². The summed E-state index contributed by atoms with van der Waals surface area (Å²) in [5.41, 5.74) is 3.05. The number of anilines is 3. The van der Waals surface area contributed by atoms with Crippen LogP contribution in [0.1, 0.15) is 5.56 Å². The number of fused-ring (bicyclic) bond motifs is 1. The van der Waals surface area contributed by atoms with Gasteiger partial charge in [-0.05, 0) is 29.6 Å². The zero-order chi connectivity index (χ0) is 14.8. The second-order valence-electron chi connectivity index (χ2n) is 4.11. The SMILES string of the molecule is N#Cc1cc(F)ccc1Nc1nc(NN)nc2sccc12. The average molecular weight is 300 g/mol. The van der Waals surface area contributed by atoms with Crippen molar-refractivity contribution < 1.29 is 4.39 Å². The molecule has 0 unspecified atom stereocenters. The molecule has 21 heavy (non-hydrogen) atoms. The standard InChI is InChI=1S/C13H9FN6S/c14-8-1-2-10(7(5-8)6-15)17-11-9-3-4-21-12(9)19-13(18-11)20-16/h1-5H,16H2,(H2,17,18,19,20). The number of nitrogens with two attached hydrogens (primary N) is 1. The van der Waals surface area contributed by atoms with E-state index < -0.39 is 5.82 Å². The van der Waals surface area contributed by atoms with Crippen LogP contribution in [-0.4, -0.2) is 9.97 Å². The fourth-order valence-corrected chi connectivity index (χ4v) is 2.62. The number of nitrogens with zero attached hydrogens (tertiary/aromatic N) is 3. The highest BCUT2D eigenvalue weighted by molar-refractivity contribution is 7.16. The number of halogens is 1. The lowest BCUT2D eigenvalue weighted by molar-refractivity contribution is 0.627. The van der Waals surface area contributed by atoms with Gasteiger partial charge in [0.15, 0.2) is 0 Å². The minimum absolute atomic E-state index is 0.194. The molecule has 0 atom stereocenters. The van der Waals surface area contributed by atoms with Crippen LogP contribution in [0.3, 0.4) is 0 Å². The largest absolute Gasteiger partial charge is 0.338 e. The molecule has 0 saturated heterocycles. The number of hydrogen-bond donors (Lipinski definition) is 3. The Bertz CT molecular complexity index is 853. The van der Waals surface area contributed by atoms with Crippen LogP contribution >= 0.6 is 11.3 Å².